The third kappa shape index (κ3) is 3.14. The number of hydrogen-bond acceptors (Lipinski definition) is 2. The van der Waals surface area contributed by atoms with Crippen molar-refractivity contribution in [2.24, 2.45) is 5.92 Å². The first-order valence-electron chi connectivity index (χ1n) is 9.08. The van der Waals surface area contributed by atoms with Crippen LogP contribution in [0.25, 0.3) is 4.85 Å². The first-order chi connectivity index (χ1) is 11.7. The number of nitrogens with zero attached hydrogens (tertiary/aromatic N) is 2. The summed E-state index contributed by atoms with van der Waals surface area (Å²) < 4.78 is 6.28. The standard InChI is InChI=1S/C20H28N2O2Si/c1-20(2,3)25(5,6)24-11-10-22-18(23)13-14-12-16-15(19(14)22)8-7-9-17(16)21-4/h7-9,14,19H,10-13H2,1-3,5-6H3. The van der Waals surface area contributed by atoms with Gasteiger partial charge < -0.3 is 9.33 Å². The lowest BCUT2D eigenvalue weighted by Crippen LogP contribution is -2.43. The summed E-state index contributed by atoms with van der Waals surface area (Å²) in [7, 11) is -1.80. The molecule has 2 atom stereocenters. The summed E-state index contributed by atoms with van der Waals surface area (Å²) in [5.74, 6) is 0.547. The normalized spacial score (nSPS) is 22.7. The zero-order valence-corrected chi connectivity index (χ0v) is 16.9. The second-order valence-corrected chi connectivity index (χ2v) is 13.6. The molecular weight excluding hydrogens is 328 g/mol. The molecule has 1 aromatic rings. The monoisotopic (exact) mass is 356 g/mol. The van der Waals surface area contributed by atoms with Crippen molar-refractivity contribution < 1.29 is 9.22 Å². The van der Waals surface area contributed by atoms with Crippen LogP contribution in [0, 0.1) is 12.5 Å². The number of amides is 1. The number of rotatable bonds is 4. The van der Waals surface area contributed by atoms with Gasteiger partial charge in [-0.1, -0.05) is 39.0 Å². The van der Waals surface area contributed by atoms with E-state index in [1.54, 1.807) is 0 Å². The Labute approximate surface area is 152 Å². The highest BCUT2D eigenvalue weighted by molar-refractivity contribution is 6.74. The SMILES string of the molecule is [C-]#[N+]c1cccc2c1CC1CC(=O)N(CCO[Si](C)(C)C(C)(C)C)C21. The van der Waals surface area contributed by atoms with Crippen molar-refractivity contribution in [3.63, 3.8) is 0 Å². The Bertz CT molecular complexity index is 730. The molecule has 25 heavy (non-hydrogen) atoms. The number of carbonyl (C=O) groups is 1. The largest absolute Gasteiger partial charge is 0.415 e. The molecule has 1 amide bonds. The van der Waals surface area contributed by atoms with Crippen molar-refractivity contribution in [2.45, 2.75) is 57.8 Å². The maximum absolute atomic E-state index is 12.5. The Balaban J connectivity index is 1.74. The van der Waals surface area contributed by atoms with Crippen LogP contribution in [0.5, 0.6) is 0 Å². The molecule has 1 saturated heterocycles. The lowest BCUT2D eigenvalue weighted by molar-refractivity contribution is -0.129. The molecule has 1 aromatic carbocycles. The van der Waals surface area contributed by atoms with E-state index in [2.05, 4.69) is 44.8 Å². The van der Waals surface area contributed by atoms with E-state index in [1.165, 1.54) is 5.56 Å². The van der Waals surface area contributed by atoms with Gasteiger partial charge in [-0.15, -0.1) is 0 Å². The van der Waals surface area contributed by atoms with Crippen LogP contribution >= 0.6 is 0 Å². The topological polar surface area (TPSA) is 33.9 Å². The van der Waals surface area contributed by atoms with E-state index in [9.17, 15) is 4.79 Å². The third-order valence-corrected chi connectivity index (χ3v) is 10.8. The van der Waals surface area contributed by atoms with E-state index in [-0.39, 0.29) is 17.0 Å². The van der Waals surface area contributed by atoms with Crippen molar-refractivity contribution in [1.29, 1.82) is 0 Å². The number of benzene rings is 1. The van der Waals surface area contributed by atoms with Crippen molar-refractivity contribution in [1.82, 2.24) is 4.90 Å². The Morgan fingerprint density at radius 2 is 2.04 bits per heavy atom. The summed E-state index contributed by atoms with van der Waals surface area (Å²) in [6.07, 6.45) is 1.45. The van der Waals surface area contributed by atoms with Crippen LogP contribution in [-0.4, -0.2) is 32.3 Å². The van der Waals surface area contributed by atoms with Gasteiger partial charge in [-0.3, -0.25) is 4.79 Å². The highest BCUT2D eigenvalue weighted by Gasteiger charge is 2.46. The molecule has 0 spiro atoms. The van der Waals surface area contributed by atoms with Crippen molar-refractivity contribution >= 4 is 19.9 Å². The Morgan fingerprint density at radius 1 is 1.32 bits per heavy atom. The van der Waals surface area contributed by atoms with E-state index < -0.39 is 8.32 Å². The molecule has 1 fully saturated rings. The van der Waals surface area contributed by atoms with Gasteiger partial charge in [-0.2, -0.15) is 0 Å². The summed E-state index contributed by atoms with van der Waals surface area (Å²) in [6, 6.07) is 6.06. The van der Waals surface area contributed by atoms with E-state index in [1.807, 2.05) is 17.0 Å². The zero-order chi connectivity index (χ0) is 18.4. The first kappa shape index (κ1) is 18.2. The smallest absolute Gasteiger partial charge is 0.223 e. The molecule has 3 rings (SSSR count). The zero-order valence-electron chi connectivity index (χ0n) is 15.9. The first-order valence-corrected chi connectivity index (χ1v) is 12.0. The highest BCUT2D eigenvalue weighted by atomic mass is 28.4. The van der Waals surface area contributed by atoms with Crippen LogP contribution in [0.15, 0.2) is 18.2 Å². The van der Waals surface area contributed by atoms with Gasteiger partial charge in [0.25, 0.3) is 0 Å². The van der Waals surface area contributed by atoms with Crippen molar-refractivity contribution in [3.8, 4) is 0 Å². The van der Waals surface area contributed by atoms with Crippen LogP contribution < -0.4 is 0 Å². The molecule has 2 aliphatic rings. The molecule has 2 unspecified atom stereocenters. The van der Waals surface area contributed by atoms with Crippen LogP contribution in [0.1, 0.15) is 44.4 Å². The second kappa shape index (κ2) is 6.26. The average molecular weight is 357 g/mol. The molecule has 134 valence electrons. The fourth-order valence-corrected chi connectivity index (χ4v) is 4.84. The predicted molar refractivity (Wildman–Crippen MR) is 102 cm³/mol. The van der Waals surface area contributed by atoms with Crippen molar-refractivity contribution in [3.05, 3.63) is 40.7 Å². The molecule has 0 radical (unpaired) electrons. The molecule has 0 aromatic heterocycles. The van der Waals surface area contributed by atoms with E-state index >= 15 is 0 Å². The Hall–Kier alpha value is -1.64. The molecular formula is C20H28N2O2Si. The summed E-state index contributed by atoms with van der Waals surface area (Å²) in [5.41, 5.74) is 3.07. The van der Waals surface area contributed by atoms with Gasteiger partial charge in [-0.05, 0) is 41.6 Å². The van der Waals surface area contributed by atoms with Gasteiger partial charge in [0, 0.05) is 13.0 Å². The minimum Gasteiger partial charge on any atom is -0.415 e. The number of carbonyl (C=O) groups excluding carboxylic acids is 1. The molecule has 1 heterocycles. The summed E-state index contributed by atoms with van der Waals surface area (Å²) in [4.78, 5) is 18.2. The average Bonchev–Trinajstić information content (AvgIpc) is 3.01. The minimum atomic E-state index is -1.80. The van der Waals surface area contributed by atoms with Gasteiger partial charge in [-0.25, -0.2) is 4.85 Å². The fraction of sp³-hybridized carbons (Fsp3) is 0.600. The summed E-state index contributed by atoms with van der Waals surface area (Å²) in [6.45, 7) is 19.8. The van der Waals surface area contributed by atoms with Gasteiger partial charge in [0.1, 0.15) is 0 Å². The minimum absolute atomic E-state index is 0.132. The lowest BCUT2D eigenvalue weighted by atomic mass is 10.0. The highest BCUT2D eigenvalue weighted by Crippen LogP contribution is 2.49. The fourth-order valence-electron chi connectivity index (χ4n) is 3.81. The molecule has 0 saturated carbocycles. The van der Waals surface area contributed by atoms with Crippen LogP contribution in [0.2, 0.25) is 18.1 Å². The predicted octanol–water partition coefficient (Wildman–Crippen LogP) is 4.70. The number of hydrogen-bond donors (Lipinski definition) is 0. The van der Waals surface area contributed by atoms with Crippen LogP contribution in [0.3, 0.4) is 0 Å². The number of likely N-dealkylation sites (tertiary alicyclic amines) is 1. The quantitative estimate of drug-likeness (QED) is 0.578. The van der Waals surface area contributed by atoms with Gasteiger partial charge >= 0.3 is 0 Å². The Morgan fingerprint density at radius 3 is 2.68 bits per heavy atom. The molecule has 0 N–H and O–H groups in total. The molecule has 4 nitrogen and oxygen atoms in total. The maximum atomic E-state index is 12.5. The van der Waals surface area contributed by atoms with Gasteiger partial charge in [0.05, 0.1) is 19.2 Å². The molecule has 1 aliphatic carbocycles. The van der Waals surface area contributed by atoms with Crippen molar-refractivity contribution in [2.75, 3.05) is 13.2 Å². The van der Waals surface area contributed by atoms with Crippen LogP contribution in [-0.2, 0) is 15.6 Å². The Kier molecular flexibility index (Phi) is 4.55. The second-order valence-electron chi connectivity index (χ2n) is 8.77. The van der Waals surface area contributed by atoms with Gasteiger partial charge in [0.2, 0.25) is 5.91 Å². The summed E-state index contributed by atoms with van der Waals surface area (Å²) >= 11 is 0. The molecule has 1 aliphatic heterocycles. The van der Waals surface area contributed by atoms with E-state index in [0.29, 0.717) is 25.5 Å². The van der Waals surface area contributed by atoms with E-state index in [4.69, 9.17) is 11.0 Å². The number of fused-ring (bicyclic) bond motifs is 3. The molecule has 5 heteroatoms. The lowest BCUT2D eigenvalue weighted by Gasteiger charge is -2.37. The third-order valence-electron chi connectivity index (χ3n) is 6.23. The van der Waals surface area contributed by atoms with Gasteiger partial charge in [0.15, 0.2) is 14.0 Å². The molecule has 0 bridgehead atoms. The maximum Gasteiger partial charge on any atom is 0.223 e. The van der Waals surface area contributed by atoms with Crippen LogP contribution in [0.4, 0.5) is 5.69 Å². The van der Waals surface area contributed by atoms with E-state index in [0.717, 1.165) is 17.7 Å². The summed E-state index contributed by atoms with van der Waals surface area (Å²) in [5, 5.41) is 0.176.